The molecule has 13 rings (SSSR count). The van der Waals surface area contributed by atoms with Gasteiger partial charge in [0.15, 0.2) is 18.3 Å². The molecule has 11 aromatic rings. The first-order chi connectivity index (χ1) is 39.8. The van der Waals surface area contributed by atoms with E-state index in [1.54, 1.807) is 19.5 Å². The SMILES string of the molecule is COc1ccc2[nH]c3c(C)c4cc[n+](CCCCCC(O)=NCCCOc5ccc(-c6c7nc(c(-c8ccncc8)c8nc(c(-c9ccncc9)c9ccc([nH]9)c(-c9ccncc9)c9ccc6[nH]9)C=C8)C=C7)cc5)cc4c(C)c3c2c1. The van der Waals surface area contributed by atoms with Crippen LogP contribution in [0, 0.1) is 13.8 Å². The first-order valence-electron chi connectivity index (χ1n) is 27.6. The van der Waals surface area contributed by atoms with Crippen LogP contribution in [0.4, 0.5) is 0 Å². The van der Waals surface area contributed by atoms with Gasteiger partial charge < -0.3 is 29.5 Å². The molecule has 10 heterocycles. The number of aliphatic hydroxyl groups excluding tert-OH is 1. The second kappa shape index (κ2) is 22.0. The zero-order valence-corrected chi connectivity index (χ0v) is 45.4. The summed E-state index contributed by atoms with van der Waals surface area (Å²) in [5.41, 5.74) is 19.4. The van der Waals surface area contributed by atoms with Crippen molar-refractivity contribution in [2.75, 3.05) is 20.3 Å². The topological polar surface area (TPSA) is 167 Å². The van der Waals surface area contributed by atoms with E-state index in [1.807, 2.05) is 79.4 Å². The van der Waals surface area contributed by atoms with Crippen molar-refractivity contribution in [1.29, 1.82) is 0 Å². The van der Waals surface area contributed by atoms with Crippen LogP contribution >= 0.6 is 0 Å². The molecule has 3 aromatic carbocycles. The Morgan fingerprint density at radius 2 is 1.05 bits per heavy atom. The predicted octanol–water partition coefficient (Wildman–Crippen LogP) is 15.2. The molecule has 8 bridgehead atoms. The van der Waals surface area contributed by atoms with Gasteiger partial charge in [0.25, 0.3) is 0 Å². The summed E-state index contributed by atoms with van der Waals surface area (Å²) < 4.78 is 14.1. The van der Waals surface area contributed by atoms with Gasteiger partial charge in [0, 0.05) is 135 Å². The van der Waals surface area contributed by atoms with Crippen LogP contribution in [-0.4, -0.2) is 71.1 Å². The number of H-pyrrole nitrogens is 3. The molecular weight excluding hydrogens is 1000 g/mol. The van der Waals surface area contributed by atoms with Crippen LogP contribution in [0.1, 0.15) is 66.0 Å². The Labute approximate surface area is 468 Å². The van der Waals surface area contributed by atoms with Crippen LogP contribution < -0.4 is 14.0 Å². The lowest BCUT2D eigenvalue weighted by Gasteiger charge is -2.09. The Hall–Kier alpha value is -10.0. The number of aliphatic hydroxyl groups is 1. The van der Waals surface area contributed by atoms with E-state index in [0.717, 1.165) is 132 Å². The highest BCUT2D eigenvalue weighted by Crippen LogP contribution is 2.40. The quantitative estimate of drug-likeness (QED) is 0.0321. The maximum absolute atomic E-state index is 10.7. The summed E-state index contributed by atoms with van der Waals surface area (Å²) >= 11 is 0. The van der Waals surface area contributed by atoms with Crippen LogP contribution in [0.2, 0.25) is 0 Å². The van der Waals surface area contributed by atoms with Crippen molar-refractivity contribution in [3.8, 4) is 56.0 Å². The molecule has 4 N–H and O–H groups in total. The molecule has 0 radical (unpaired) electrons. The van der Waals surface area contributed by atoms with E-state index < -0.39 is 0 Å². The summed E-state index contributed by atoms with van der Waals surface area (Å²) in [5.74, 6) is 1.80. The lowest BCUT2D eigenvalue weighted by atomic mass is 9.97. The van der Waals surface area contributed by atoms with Crippen molar-refractivity contribution in [2.24, 2.45) is 4.99 Å². The number of benzene rings is 3. The molecule has 0 unspecified atom stereocenters. The zero-order chi connectivity index (χ0) is 54.8. The predicted molar refractivity (Wildman–Crippen MR) is 327 cm³/mol. The second-order valence-corrected chi connectivity index (χ2v) is 20.6. The number of fused-ring (bicyclic) bond motifs is 12. The number of pyridine rings is 4. The van der Waals surface area contributed by atoms with E-state index in [2.05, 4.69) is 145 Å². The fourth-order valence-corrected chi connectivity index (χ4v) is 11.5. The first-order valence-corrected chi connectivity index (χ1v) is 27.6. The number of aryl methyl sites for hydroxylation is 3. The van der Waals surface area contributed by atoms with Gasteiger partial charge in [0.1, 0.15) is 18.0 Å². The van der Waals surface area contributed by atoms with Gasteiger partial charge in [-0.2, -0.15) is 0 Å². The van der Waals surface area contributed by atoms with Gasteiger partial charge in [-0.15, -0.1) is 0 Å². The van der Waals surface area contributed by atoms with E-state index in [1.165, 1.54) is 38.2 Å². The molecule has 0 saturated carbocycles. The minimum atomic E-state index is 0.198. The van der Waals surface area contributed by atoms with Gasteiger partial charge in [-0.1, -0.05) is 12.1 Å². The highest BCUT2D eigenvalue weighted by molar-refractivity contribution is 6.16. The third kappa shape index (κ3) is 9.99. The van der Waals surface area contributed by atoms with Gasteiger partial charge in [-0.05, 0) is 181 Å². The van der Waals surface area contributed by atoms with Crippen molar-refractivity contribution < 1.29 is 19.1 Å². The Bertz CT molecular complexity index is 4450. The number of rotatable bonds is 16. The molecule has 0 aliphatic carbocycles. The molecule has 0 spiro atoms. The van der Waals surface area contributed by atoms with E-state index in [0.29, 0.717) is 26.0 Å². The standard InChI is InChI=1S/C68H58N10O3/c1-42-52-41-78(38-29-50(52)43(2)68-63(42)51-40-49(80-3)13-14-53(51)77-68)37-6-4-5-8-62(79)72-30-7-39-81-48-11-9-44(10-12-48)64-54-15-17-56(73-54)65(45-23-31-69-32-24-45)58-19-21-60(75-58)67(47-27-35-71-36-28-47)61-22-20-59(76-61)66(46-25-33-70-34-26-46)57-18-16-55(64)74-57/h9-29,31-36,38,40-41H,4-8,30,37,39H2,1-3H3,(H3,69,70,71,72,73,74,75,76,79)/p+1. The summed E-state index contributed by atoms with van der Waals surface area (Å²) in [7, 11) is 1.71. The fraction of sp³-hybridized carbons (Fsp3) is 0.162. The van der Waals surface area contributed by atoms with E-state index in [9.17, 15) is 5.11 Å². The van der Waals surface area contributed by atoms with Crippen molar-refractivity contribution >= 4 is 84.8 Å². The number of ether oxygens (including phenoxy) is 2. The summed E-state index contributed by atoms with van der Waals surface area (Å²) in [4.78, 5) is 39.6. The normalized spacial score (nSPS) is 12.3. The number of nitrogens with one attached hydrogen (secondary N) is 3. The molecule has 2 aliphatic heterocycles. The lowest BCUT2D eigenvalue weighted by Crippen LogP contribution is -2.32. The molecule has 2 aliphatic rings. The van der Waals surface area contributed by atoms with E-state index in [4.69, 9.17) is 19.4 Å². The fourth-order valence-electron chi connectivity index (χ4n) is 11.5. The maximum atomic E-state index is 10.7. The van der Waals surface area contributed by atoms with Crippen LogP contribution in [0.15, 0.2) is 164 Å². The minimum Gasteiger partial charge on any atom is -0.497 e. The Balaban J connectivity index is 0.721. The maximum Gasteiger partial charge on any atom is 0.180 e. The Kier molecular flexibility index (Phi) is 13.7. The Morgan fingerprint density at radius 3 is 1.65 bits per heavy atom. The van der Waals surface area contributed by atoms with Gasteiger partial charge in [-0.25, -0.2) is 14.5 Å². The van der Waals surface area contributed by atoms with Crippen molar-refractivity contribution in [3.63, 3.8) is 0 Å². The third-order valence-electron chi connectivity index (χ3n) is 15.6. The average molecular weight is 1060 g/mol. The van der Waals surface area contributed by atoms with E-state index >= 15 is 0 Å². The molecule has 81 heavy (non-hydrogen) atoms. The summed E-state index contributed by atoms with van der Waals surface area (Å²) in [6.45, 7) is 6.27. The number of nitrogens with zero attached hydrogens (tertiary/aromatic N) is 7. The van der Waals surface area contributed by atoms with Gasteiger partial charge in [-0.3, -0.25) is 19.9 Å². The van der Waals surface area contributed by atoms with Crippen LogP contribution in [-0.2, 0) is 6.54 Å². The lowest BCUT2D eigenvalue weighted by molar-refractivity contribution is -0.696. The molecule has 13 heteroatoms. The highest BCUT2D eigenvalue weighted by atomic mass is 16.5. The zero-order valence-electron chi connectivity index (χ0n) is 45.4. The largest absolute Gasteiger partial charge is 0.497 e. The second-order valence-electron chi connectivity index (χ2n) is 20.6. The number of hydrogen-bond donors (Lipinski definition) is 4. The number of hydrogen-bond acceptors (Lipinski definition) is 8. The minimum absolute atomic E-state index is 0.198. The van der Waals surface area contributed by atoms with Gasteiger partial charge >= 0.3 is 0 Å². The molecule has 8 aromatic heterocycles. The summed E-state index contributed by atoms with van der Waals surface area (Å²) in [5, 5.41) is 15.7. The molecule has 0 fully saturated rings. The number of aromatic nitrogens is 9. The molecule has 0 amide bonds. The number of aromatic amines is 3. The number of methoxy groups -OCH3 is 1. The molecule has 398 valence electrons. The van der Waals surface area contributed by atoms with Gasteiger partial charge in [0.2, 0.25) is 0 Å². The van der Waals surface area contributed by atoms with Crippen LogP contribution in [0.3, 0.4) is 0 Å². The van der Waals surface area contributed by atoms with Gasteiger partial charge in [0.05, 0.1) is 42.0 Å². The van der Waals surface area contributed by atoms with Crippen LogP contribution in [0.5, 0.6) is 11.5 Å². The molecule has 0 atom stereocenters. The molecule has 13 nitrogen and oxygen atoms in total. The number of unbranched alkanes of at least 4 members (excludes halogenated alkanes) is 2. The highest BCUT2D eigenvalue weighted by Gasteiger charge is 2.21. The average Bonchev–Trinajstić information content (AvgIpc) is 4.58. The monoisotopic (exact) mass is 1060 g/mol. The summed E-state index contributed by atoms with van der Waals surface area (Å²) in [6.07, 6.45) is 27.7. The Morgan fingerprint density at radius 1 is 0.519 bits per heavy atom. The summed E-state index contributed by atoms with van der Waals surface area (Å²) in [6, 6.07) is 37.3. The van der Waals surface area contributed by atoms with Crippen molar-refractivity contribution in [2.45, 2.75) is 52.5 Å². The number of aliphatic imine (C=N–C) groups is 1. The van der Waals surface area contributed by atoms with E-state index in [-0.39, 0.29) is 5.90 Å². The smallest absolute Gasteiger partial charge is 0.180 e. The van der Waals surface area contributed by atoms with Crippen LogP contribution in [0.25, 0.3) is 123 Å². The molecular formula is C68H59N10O3+. The third-order valence-corrected chi connectivity index (χ3v) is 15.6. The van der Waals surface area contributed by atoms with Crippen molar-refractivity contribution in [1.82, 2.24) is 39.9 Å². The van der Waals surface area contributed by atoms with Crippen molar-refractivity contribution in [3.05, 3.63) is 193 Å². The molecule has 0 saturated heterocycles. The first kappa shape index (κ1) is 50.5.